The first-order chi connectivity index (χ1) is 18.6. The summed E-state index contributed by atoms with van der Waals surface area (Å²) in [7, 11) is 5.13. The fourth-order valence-electron chi connectivity index (χ4n) is 4.19. The van der Waals surface area contributed by atoms with Crippen LogP contribution in [0, 0.1) is 0 Å². The van der Waals surface area contributed by atoms with E-state index < -0.39 is 0 Å². The van der Waals surface area contributed by atoms with Crippen LogP contribution in [0.1, 0.15) is 5.56 Å². The predicted octanol–water partition coefficient (Wildman–Crippen LogP) is 5.58. The Hall–Kier alpha value is -4.98. The number of carbonyl (C=O) groups is 1. The van der Waals surface area contributed by atoms with Crippen LogP contribution in [0.15, 0.2) is 85.2 Å². The standard InChI is InChI=1S/C30H27N5O3/c1-31-30-25-16-22(9-12-26(25)33-29(34-30)23-5-4-14-32-17-23)21-7-10-24(11-8-21)38-18-20-6-13-27(35(2)19-36)28(15-20)37-3/h4-17,19H,18H2,1-3H3,(H,31,33,34). The average molecular weight is 506 g/mol. The molecule has 0 aliphatic heterocycles. The van der Waals surface area contributed by atoms with Gasteiger partial charge in [-0.15, -0.1) is 0 Å². The third kappa shape index (κ3) is 5.10. The van der Waals surface area contributed by atoms with E-state index in [9.17, 15) is 4.79 Å². The number of methoxy groups -OCH3 is 1. The lowest BCUT2D eigenvalue weighted by Crippen LogP contribution is -2.14. The second-order valence-corrected chi connectivity index (χ2v) is 8.66. The van der Waals surface area contributed by atoms with Crippen molar-refractivity contribution in [2.75, 3.05) is 31.4 Å². The highest BCUT2D eigenvalue weighted by atomic mass is 16.5. The van der Waals surface area contributed by atoms with E-state index in [1.165, 1.54) is 4.90 Å². The van der Waals surface area contributed by atoms with Gasteiger partial charge in [-0.3, -0.25) is 9.78 Å². The van der Waals surface area contributed by atoms with Crippen LogP contribution in [0.3, 0.4) is 0 Å². The number of ether oxygens (including phenoxy) is 2. The van der Waals surface area contributed by atoms with Crippen LogP contribution in [0.25, 0.3) is 33.4 Å². The van der Waals surface area contributed by atoms with Gasteiger partial charge in [0.05, 0.1) is 18.3 Å². The Bertz CT molecular complexity index is 1570. The fourth-order valence-corrected chi connectivity index (χ4v) is 4.19. The van der Waals surface area contributed by atoms with E-state index in [-0.39, 0.29) is 0 Å². The van der Waals surface area contributed by atoms with E-state index in [4.69, 9.17) is 19.4 Å². The number of nitrogens with zero attached hydrogens (tertiary/aromatic N) is 4. The van der Waals surface area contributed by atoms with Crippen molar-refractivity contribution in [3.63, 3.8) is 0 Å². The van der Waals surface area contributed by atoms with Gasteiger partial charge in [-0.1, -0.05) is 24.3 Å². The summed E-state index contributed by atoms with van der Waals surface area (Å²) < 4.78 is 11.4. The lowest BCUT2D eigenvalue weighted by molar-refractivity contribution is -0.107. The molecule has 8 nitrogen and oxygen atoms in total. The second-order valence-electron chi connectivity index (χ2n) is 8.66. The van der Waals surface area contributed by atoms with Crippen molar-refractivity contribution in [1.29, 1.82) is 0 Å². The number of benzene rings is 3. The van der Waals surface area contributed by atoms with Crippen LogP contribution in [0.2, 0.25) is 0 Å². The number of anilines is 2. The zero-order valence-electron chi connectivity index (χ0n) is 21.4. The summed E-state index contributed by atoms with van der Waals surface area (Å²) in [5, 5.41) is 4.14. The maximum absolute atomic E-state index is 11.1. The molecule has 0 fully saturated rings. The molecule has 0 atom stereocenters. The first-order valence-corrected chi connectivity index (χ1v) is 12.1. The monoisotopic (exact) mass is 505 g/mol. The normalized spacial score (nSPS) is 10.7. The minimum Gasteiger partial charge on any atom is -0.495 e. The van der Waals surface area contributed by atoms with Crippen molar-refractivity contribution >= 4 is 28.8 Å². The van der Waals surface area contributed by atoms with Crippen molar-refractivity contribution in [1.82, 2.24) is 15.0 Å². The molecule has 2 heterocycles. The van der Waals surface area contributed by atoms with Crippen LogP contribution in [-0.4, -0.2) is 42.6 Å². The SMILES string of the molecule is CNc1nc(-c2cccnc2)nc2ccc(-c3ccc(OCc4ccc(N(C)C=O)c(OC)c4)cc3)cc12. The van der Waals surface area contributed by atoms with Crippen molar-refractivity contribution in [2.24, 2.45) is 0 Å². The molecule has 38 heavy (non-hydrogen) atoms. The van der Waals surface area contributed by atoms with Crippen LogP contribution < -0.4 is 19.7 Å². The molecule has 1 N–H and O–H groups in total. The number of nitrogens with one attached hydrogen (secondary N) is 1. The topological polar surface area (TPSA) is 89.5 Å². The number of aromatic nitrogens is 3. The summed E-state index contributed by atoms with van der Waals surface area (Å²) in [5.41, 5.74) is 5.47. The van der Waals surface area contributed by atoms with Gasteiger partial charge in [-0.25, -0.2) is 9.97 Å². The van der Waals surface area contributed by atoms with E-state index >= 15 is 0 Å². The van der Waals surface area contributed by atoms with Gasteiger partial charge in [0.15, 0.2) is 5.82 Å². The van der Waals surface area contributed by atoms with Crippen molar-refractivity contribution in [3.05, 3.63) is 90.8 Å². The molecule has 0 bridgehead atoms. The highest BCUT2D eigenvalue weighted by molar-refractivity contribution is 5.94. The third-order valence-corrected chi connectivity index (χ3v) is 6.23. The van der Waals surface area contributed by atoms with Crippen molar-refractivity contribution < 1.29 is 14.3 Å². The molecular formula is C30H27N5O3. The summed E-state index contributed by atoms with van der Waals surface area (Å²) in [6, 6.07) is 23.6. The fraction of sp³-hybridized carbons (Fsp3) is 0.133. The smallest absolute Gasteiger partial charge is 0.213 e. The molecular weight excluding hydrogens is 478 g/mol. The minimum absolute atomic E-state index is 0.374. The van der Waals surface area contributed by atoms with E-state index in [1.807, 2.05) is 67.7 Å². The summed E-state index contributed by atoms with van der Waals surface area (Å²) in [5.74, 6) is 2.76. The molecule has 0 aliphatic rings. The molecule has 0 saturated carbocycles. The summed E-state index contributed by atoms with van der Waals surface area (Å²) in [6.07, 6.45) is 4.24. The minimum atomic E-state index is 0.374. The molecule has 1 amide bonds. The number of hydrogen-bond acceptors (Lipinski definition) is 7. The van der Waals surface area contributed by atoms with Gasteiger partial charge >= 0.3 is 0 Å². The molecule has 0 unspecified atom stereocenters. The Kier molecular flexibility index (Phi) is 7.13. The number of pyridine rings is 1. The Morgan fingerprint density at radius 2 is 1.76 bits per heavy atom. The summed E-state index contributed by atoms with van der Waals surface area (Å²) in [6.45, 7) is 0.374. The van der Waals surface area contributed by atoms with Gasteiger partial charge in [0.25, 0.3) is 0 Å². The molecule has 3 aromatic carbocycles. The van der Waals surface area contributed by atoms with Gasteiger partial charge in [0.2, 0.25) is 6.41 Å². The quantitative estimate of drug-likeness (QED) is 0.262. The van der Waals surface area contributed by atoms with Gasteiger partial charge in [0.1, 0.15) is 23.9 Å². The first-order valence-electron chi connectivity index (χ1n) is 12.1. The van der Waals surface area contributed by atoms with Gasteiger partial charge < -0.3 is 19.7 Å². The molecule has 0 saturated heterocycles. The van der Waals surface area contributed by atoms with Crippen LogP contribution >= 0.6 is 0 Å². The number of fused-ring (bicyclic) bond motifs is 1. The molecule has 5 aromatic rings. The number of carbonyl (C=O) groups excluding carboxylic acids is 1. The van der Waals surface area contributed by atoms with E-state index in [0.717, 1.165) is 51.1 Å². The summed E-state index contributed by atoms with van der Waals surface area (Å²) in [4.78, 5) is 26.2. The maximum Gasteiger partial charge on any atom is 0.213 e. The number of hydrogen-bond donors (Lipinski definition) is 1. The highest BCUT2D eigenvalue weighted by Crippen LogP contribution is 2.31. The Morgan fingerprint density at radius 1 is 0.947 bits per heavy atom. The Balaban J connectivity index is 1.34. The van der Waals surface area contributed by atoms with Crippen LogP contribution in [-0.2, 0) is 11.4 Å². The van der Waals surface area contributed by atoms with E-state index in [2.05, 4.69) is 22.4 Å². The van der Waals surface area contributed by atoms with Crippen molar-refractivity contribution in [2.45, 2.75) is 6.61 Å². The van der Waals surface area contributed by atoms with E-state index in [0.29, 0.717) is 23.9 Å². The van der Waals surface area contributed by atoms with E-state index in [1.54, 1.807) is 26.6 Å². The molecule has 0 aliphatic carbocycles. The van der Waals surface area contributed by atoms with Gasteiger partial charge in [-0.2, -0.15) is 0 Å². The lowest BCUT2D eigenvalue weighted by Gasteiger charge is -2.16. The first kappa shape index (κ1) is 24.7. The largest absolute Gasteiger partial charge is 0.495 e. The van der Waals surface area contributed by atoms with Crippen LogP contribution in [0.5, 0.6) is 11.5 Å². The average Bonchev–Trinajstić information content (AvgIpc) is 2.99. The number of amides is 1. The molecule has 190 valence electrons. The Morgan fingerprint density at radius 3 is 2.47 bits per heavy atom. The van der Waals surface area contributed by atoms with Crippen molar-refractivity contribution in [3.8, 4) is 34.0 Å². The zero-order chi connectivity index (χ0) is 26.5. The summed E-state index contributed by atoms with van der Waals surface area (Å²) >= 11 is 0. The van der Waals surface area contributed by atoms with Gasteiger partial charge in [0, 0.05) is 37.4 Å². The second kappa shape index (κ2) is 11.0. The maximum atomic E-state index is 11.1. The van der Waals surface area contributed by atoms with Crippen LogP contribution in [0.4, 0.5) is 11.5 Å². The third-order valence-electron chi connectivity index (χ3n) is 6.23. The molecule has 5 rings (SSSR count). The Labute approximate surface area is 220 Å². The highest BCUT2D eigenvalue weighted by Gasteiger charge is 2.11. The molecule has 0 radical (unpaired) electrons. The zero-order valence-corrected chi connectivity index (χ0v) is 21.4. The molecule has 8 heteroatoms. The number of rotatable bonds is 9. The molecule has 0 spiro atoms. The molecule has 2 aromatic heterocycles. The predicted molar refractivity (Wildman–Crippen MR) is 150 cm³/mol. The lowest BCUT2D eigenvalue weighted by atomic mass is 10.0. The van der Waals surface area contributed by atoms with Gasteiger partial charge in [-0.05, 0) is 65.2 Å².